The minimum atomic E-state index is -0.433. The van der Waals surface area contributed by atoms with Gasteiger partial charge in [0.05, 0.1) is 51.9 Å². The van der Waals surface area contributed by atoms with Crippen LogP contribution in [0.1, 0.15) is 35.6 Å². The van der Waals surface area contributed by atoms with Crippen LogP contribution in [-0.2, 0) is 6.54 Å². The van der Waals surface area contributed by atoms with Crippen LogP contribution in [0.4, 0.5) is 0 Å². The van der Waals surface area contributed by atoms with Gasteiger partial charge in [0.25, 0.3) is 0 Å². The minimum absolute atomic E-state index is 0.0709. The lowest BCUT2D eigenvalue weighted by Crippen LogP contribution is -3.12. The first-order valence-electron chi connectivity index (χ1n) is 12.3. The zero-order valence-electron chi connectivity index (χ0n) is 20.3. The SMILES string of the molecule is COc1ccc(C2=C[C@H]3c4cccc(OC)c4OC4(CC[NH+](Cc5ccccc5)CC4)N3N2)cc1. The van der Waals surface area contributed by atoms with Crippen LogP contribution in [0.2, 0.25) is 0 Å². The van der Waals surface area contributed by atoms with Crippen molar-refractivity contribution in [1.29, 1.82) is 0 Å². The number of likely N-dealkylation sites (tertiary alicyclic amines) is 1. The number of rotatable bonds is 5. The third kappa shape index (κ3) is 3.93. The van der Waals surface area contributed by atoms with E-state index in [0.29, 0.717) is 0 Å². The molecule has 3 aliphatic rings. The first-order chi connectivity index (χ1) is 17.2. The fourth-order valence-electron chi connectivity index (χ4n) is 5.66. The molecule has 0 radical (unpaired) electrons. The lowest BCUT2D eigenvalue weighted by Gasteiger charge is -2.50. The highest BCUT2D eigenvalue weighted by molar-refractivity contribution is 5.68. The predicted molar refractivity (Wildman–Crippen MR) is 135 cm³/mol. The number of benzene rings is 3. The molecular weight excluding hydrogens is 438 g/mol. The van der Waals surface area contributed by atoms with Crippen molar-refractivity contribution in [1.82, 2.24) is 10.4 Å². The fourth-order valence-corrected chi connectivity index (χ4v) is 5.66. The van der Waals surface area contributed by atoms with Crippen molar-refractivity contribution >= 4 is 5.70 Å². The quantitative estimate of drug-likeness (QED) is 0.597. The lowest BCUT2D eigenvalue weighted by atomic mass is 9.92. The Kier molecular flexibility index (Phi) is 5.63. The summed E-state index contributed by atoms with van der Waals surface area (Å²) in [5.74, 6) is 2.53. The number of hydrogen-bond donors (Lipinski definition) is 2. The van der Waals surface area contributed by atoms with E-state index < -0.39 is 5.72 Å². The Labute approximate surface area is 206 Å². The van der Waals surface area contributed by atoms with E-state index in [1.165, 1.54) is 5.56 Å². The summed E-state index contributed by atoms with van der Waals surface area (Å²) < 4.78 is 18.0. The summed E-state index contributed by atoms with van der Waals surface area (Å²) >= 11 is 0. The number of piperidine rings is 1. The van der Waals surface area contributed by atoms with Crippen LogP contribution in [0.3, 0.4) is 0 Å². The Balaban J connectivity index is 1.31. The number of nitrogens with zero attached hydrogens (tertiary/aromatic N) is 1. The van der Waals surface area contributed by atoms with E-state index in [-0.39, 0.29) is 6.04 Å². The molecule has 1 saturated heterocycles. The van der Waals surface area contributed by atoms with Gasteiger partial charge in [-0.1, -0.05) is 42.5 Å². The molecule has 3 heterocycles. The summed E-state index contributed by atoms with van der Waals surface area (Å²) in [6.45, 7) is 3.13. The van der Waals surface area contributed by atoms with E-state index in [4.69, 9.17) is 14.2 Å². The number of fused-ring (bicyclic) bond motifs is 4. The lowest BCUT2D eigenvalue weighted by molar-refractivity contribution is -0.921. The van der Waals surface area contributed by atoms with Crippen molar-refractivity contribution in [3.05, 3.63) is 95.6 Å². The van der Waals surface area contributed by atoms with Crippen LogP contribution in [0.25, 0.3) is 5.70 Å². The zero-order valence-corrected chi connectivity index (χ0v) is 20.3. The number of ether oxygens (including phenoxy) is 3. The normalized spacial score (nSPS) is 25.1. The summed E-state index contributed by atoms with van der Waals surface area (Å²) in [4.78, 5) is 1.59. The molecule has 3 aliphatic heterocycles. The molecule has 6 nitrogen and oxygen atoms in total. The third-order valence-corrected chi connectivity index (χ3v) is 7.56. The maximum atomic E-state index is 6.89. The molecule has 1 fully saturated rings. The van der Waals surface area contributed by atoms with Crippen LogP contribution < -0.4 is 24.5 Å². The highest BCUT2D eigenvalue weighted by atomic mass is 16.5. The maximum absolute atomic E-state index is 6.89. The average molecular weight is 471 g/mol. The summed E-state index contributed by atoms with van der Waals surface area (Å²) in [7, 11) is 3.41. The standard InChI is InChI=1S/C29H31N3O3/c1-33-23-13-11-22(12-14-23)25-19-26-24-9-6-10-27(34-2)28(24)35-29(32(26)30-25)15-17-31(18-16-29)20-21-7-4-3-5-8-21/h3-14,19,26,30H,15-18,20H2,1-2H3/p+1/t26-/m0/s1. The maximum Gasteiger partial charge on any atom is 0.191 e. The average Bonchev–Trinajstić information content (AvgIpc) is 3.37. The van der Waals surface area contributed by atoms with Crippen LogP contribution in [-0.4, -0.2) is 38.0 Å². The zero-order chi connectivity index (χ0) is 23.8. The Morgan fingerprint density at radius 3 is 2.43 bits per heavy atom. The number of nitrogens with one attached hydrogen (secondary N) is 2. The number of quaternary nitrogens is 1. The van der Waals surface area contributed by atoms with E-state index in [9.17, 15) is 0 Å². The predicted octanol–water partition coefficient (Wildman–Crippen LogP) is 3.57. The van der Waals surface area contributed by atoms with Gasteiger partial charge in [-0.2, -0.15) is 5.01 Å². The Morgan fingerprint density at radius 2 is 1.71 bits per heavy atom. The molecule has 0 unspecified atom stereocenters. The van der Waals surface area contributed by atoms with E-state index in [0.717, 1.165) is 66.5 Å². The minimum Gasteiger partial charge on any atom is -0.497 e. The van der Waals surface area contributed by atoms with Gasteiger partial charge in [0.15, 0.2) is 17.2 Å². The van der Waals surface area contributed by atoms with Gasteiger partial charge in [0.2, 0.25) is 0 Å². The fraction of sp³-hybridized carbons (Fsp3) is 0.310. The molecule has 0 aliphatic carbocycles. The molecule has 1 spiro atoms. The first kappa shape index (κ1) is 22.0. The van der Waals surface area contributed by atoms with E-state index in [1.54, 1.807) is 19.1 Å². The second-order valence-corrected chi connectivity index (χ2v) is 9.57. The third-order valence-electron chi connectivity index (χ3n) is 7.56. The topological polar surface area (TPSA) is 47.4 Å². The second-order valence-electron chi connectivity index (χ2n) is 9.57. The van der Waals surface area contributed by atoms with E-state index in [1.807, 2.05) is 24.3 Å². The number of hydrogen-bond acceptors (Lipinski definition) is 5. The van der Waals surface area contributed by atoms with Crippen LogP contribution in [0.15, 0.2) is 78.9 Å². The Hall–Kier alpha value is -3.48. The van der Waals surface area contributed by atoms with E-state index >= 15 is 0 Å². The Morgan fingerprint density at radius 1 is 0.943 bits per heavy atom. The molecule has 0 amide bonds. The number of hydrazine groups is 1. The molecule has 0 bridgehead atoms. The molecule has 6 heteroatoms. The van der Waals surface area contributed by atoms with Gasteiger partial charge in [0.1, 0.15) is 12.3 Å². The van der Waals surface area contributed by atoms with Gasteiger partial charge >= 0.3 is 0 Å². The highest BCUT2D eigenvalue weighted by Crippen LogP contribution is 2.50. The summed E-state index contributed by atoms with van der Waals surface area (Å²) in [6, 6.07) is 25.2. The second kappa shape index (κ2) is 8.95. The van der Waals surface area contributed by atoms with Crippen LogP contribution in [0, 0.1) is 0 Å². The van der Waals surface area contributed by atoms with Crippen molar-refractivity contribution in [3.63, 3.8) is 0 Å². The highest BCUT2D eigenvalue weighted by Gasteiger charge is 2.53. The van der Waals surface area contributed by atoms with E-state index in [2.05, 4.69) is 65.0 Å². The molecule has 3 aromatic carbocycles. The first-order valence-corrected chi connectivity index (χ1v) is 12.3. The monoisotopic (exact) mass is 470 g/mol. The molecule has 180 valence electrons. The van der Waals surface area contributed by atoms with Crippen molar-refractivity contribution in [3.8, 4) is 17.2 Å². The molecule has 0 aromatic heterocycles. The molecule has 2 N–H and O–H groups in total. The van der Waals surface area contributed by atoms with Gasteiger partial charge in [-0.25, -0.2) is 0 Å². The van der Waals surface area contributed by atoms with Gasteiger partial charge in [0, 0.05) is 11.1 Å². The summed E-state index contributed by atoms with van der Waals surface area (Å²) in [5, 5.41) is 2.34. The van der Waals surface area contributed by atoms with Gasteiger partial charge in [-0.05, 0) is 42.0 Å². The molecule has 35 heavy (non-hydrogen) atoms. The number of methoxy groups -OCH3 is 2. The summed E-state index contributed by atoms with van der Waals surface area (Å²) in [6.07, 6.45) is 4.17. The Bertz CT molecular complexity index is 1220. The summed E-state index contributed by atoms with van der Waals surface area (Å²) in [5.41, 5.74) is 8.03. The van der Waals surface area contributed by atoms with Crippen molar-refractivity contribution < 1.29 is 19.1 Å². The largest absolute Gasteiger partial charge is 0.497 e. The van der Waals surface area contributed by atoms with Crippen LogP contribution in [0.5, 0.6) is 17.2 Å². The van der Waals surface area contributed by atoms with Gasteiger partial charge < -0.3 is 24.5 Å². The smallest absolute Gasteiger partial charge is 0.191 e. The molecule has 6 rings (SSSR count). The van der Waals surface area contributed by atoms with Gasteiger partial charge in [-0.3, -0.25) is 0 Å². The van der Waals surface area contributed by atoms with Crippen molar-refractivity contribution in [2.24, 2.45) is 0 Å². The molecule has 0 saturated carbocycles. The van der Waals surface area contributed by atoms with Crippen LogP contribution >= 0.6 is 0 Å². The van der Waals surface area contributed by atoms with Crippen molar-refractivity contribution in [2.45, 2.75) is 31.2 Å². The molecule has 1 atom stereocenters. The van der Waals surface area contributed by atoms with Crippen molar-refractivity contribution in [2.75, 3.05) is 27.3 Å². The molecular formula is C29H32N3O3+. The molecule has 3 aromatic rings. The number of para-hydroxylation sites is 1. The van der Waals surface area contributed by atoms with Gasteiger partial charge in [-0.15, -0.1) is 0 Å².